The lowest BCUT2D eigenvalue weighted by Gasteiger charge is -2.21. The van der Waals surface area contributed by atoms with Gasteiger partial charge >= 0.3 is 0 Å². The van der Waals surface area contributed by atoms with Crippen LogP contribution in [0.25, 0.3) is 0 Å². The Kier molecular flexibility index (Phi) is 5.26. The summed E-state index contributed by atoms with van der Waals surface area (Å²) in [5, 5.41) is 13.5. The minimum atomic E-state index is 0.213. The molecule has 0 amide bonds. The quantitative estimate of drug-likeness (QED) is 0.244. The normalized spacial score (nSPS) is 20.2. The summed E-state index contributed by atoms with van der Waals surface area (Å²) < 4.78 is 9.05. The van der Waals surface area contributed by atoms with Crippen molar-refractivity contribution in [3.63, 3.8) is 0 Å². The zero-order valence-electron chi connectivity index (χ0n) is 13.3. The highest BCUT2D eigenvalue weighted by atomic mass is 79.9. The average Bonchev–Trinajstić information content (AvgIpc) is 2.83. The van der Waals surface area contributed by atoms with E-state index in [4.69, 9.17) is 4.74 Å². The fraction of sp³-hybridized carbons (Fsp3) is 0.500. The van der Waals surface area contributed by atoms with E-state index in [1.165, 1.54) is 5.57 Å². The van der Waals surface area contributed by atoms with Gasteiger partial charge in [0.1, 0.15) is 5.69 Å². The summed E-state index contributed by atoms with van der Waals surface area (Å²) in [4.78, 5) is 0. The molecule has 0 spiro atoms. The number of hydrogen-bond acceptors (Lipinski definition) is 2. The van der Waals surface area contributed by atoms with Crippen LogP contribution in [0.2, 0.25) is 0 Å². The number of ether oxygens (including phenoxy) is 1. The van der Waals surface area contributed by atoms with Crippen molar-refractivity contribution in [2.75, 3.05) is 11.9 Å². The Labute approximate surface area is 145 Å². The fourth-order valence-corrected chi connectivity index (χ4v) is 3.64. The molecule has 1 aromatic rings. The number of hydrogen-bond donors (Lipinski definition) is 0. The van der Waals surface area contributed by atoms with Crippen molar-refractivity contribution in [3.8, 4) is 5.75 Å². The Morgan fingerprint density at radius 3 is 3.09 bits per heavy atom. The zero-order chi connectivity index (χ0) is 16.2. The first-order chi connectivity index (χ1) is 11.2. The van der Waals surface area contributed by atoms with E-state index in [2.05, 4.69) is 27.1 Å². The fourth-order valence-electron chi connectivity index (χ4n) is 3.24. The maximum Gasteiger partial charge on any atom is 0.208 e. The van der Waals surface area contributed by atoms with Gasteiger partial charge in [0.15, 0.2) is 11.4 Å². The standard InChI is InChI=1S/C18H23BrN2O2/c1-14-5-6-16-15(11-14)12-20-9-7-18(17(20)13-21(16)22)23-10-4-2-3-8-19/h6-7,9,13,15H,1-5,8,10-12H2/t15-/m0/s1. The van der Waals surface area contributed by atoms with Gasteiger partial charge in [-0.25, -0.2) is 0 Å². The molecule has 2 heterocycles. The van der Waals surface area contributed by atoms with Gasteiger partial charge in [-0.2, -0.15) is 4.74 Å². The first-order valence-corrected chi connectivity index (χ1v) is 9.37. The molecule has 1 aliphatic heterocycles. The van der Waals surface area contributed by atoms with E-state index in [-0.39, 0.29) is 5.92 Å². The Hall–Kier alpha value is -1.49. The number of halogens is 1. The smallest absolute Gasteiger partial charge is 0.208 e. The van der Waals surface area contributed by atoms with Crippen LogP contribution in [0.1, 0.15) is 37.8 Å². The summed E-state index contributed by atoms with van der Waals surface area (Å²) in [6.45, 7) is 5.58. The summed E-state index contributed by atoms with van der Waals surface area (Å²) in [6.07, 6.45) is 10.7. The molecule has 1 aromatic heterocycles. The van der Waals surface area contributed by atoms with E-state index in [1.54, 1.807) is 6.21 Å². The minimum Gasteiger partial charge on any atom is -0.618 e. The molecular weight excluding hydrogens is 356 g/mol. The van der Waals surface area contributed by atoms with Crippen LogP contribution in [0.15, 0.2) is 36.2 Å². The van der Waals surface area contributed by atoms with Gasteiger partial charge in [0.25, 0.3) is 0 Å². The van der Waals surface area contributed by atoms with Gasteiger partial charge in [0.05, 0.1) is 12.5 Å². The third kappa shape index (κ3) is 3.71. The lowest BCUT2D eigenvalue weighted by Crippen LogP contribution is -2.19. The maximum atomic E-state index is 12.5. The molecule has 0 N–H and O–H groups in total. The monoisotopic (exact) mass is 378 g/mol. The summed E-state index contributed by atoms with van der Waals surface area (Å²) in [6, 6.07) is 1.97. The van der Waals surface area contributed by atoms with Crippen LogP contribution >= 0.6 is 15.9 Å². The van der Waals surface area contributed by atoms with E-state index >= 15 is 0 Å². The van der Waals surface area contributed by atoms with Crippen LogP contribution in [-0.2, 0) is 6.54 Å². The number of allylic oxidation sites excluding steroid dienone is 3. The molecule has 124 valence electrons. The van der Waals surface area contributed by atoms with Crippen molar-refractivity contribution in [2.24, 2.45) is 5.92 Å². The molecule has 4 nitrogen and oxygen atoms in total. The third-order valence-corrected chi connectivity index (χ3v) is 5.03. The number of alkyl halides is 1. The molecule has 0 saturated carbocycles. The second-order valence-electron chi connectivity index (χ2n) is 6.25. The Bertz CT molecular complexity index is 645. The highest BCUT2D eigenvalue weighted by Gasteiger charge is 2.30. The second kappa shape index (κ2) is 7.39. The third-order valence-electron chi connectivity index (χ3n) is 4.47. The molecule has 0 bridgehead atoms. The highest BCUT2D eigenvalue weighted by Crippen LogP contribution is 2.33. The summed E-state index contributed by atoms with van der Waals surface area (Å²) >= 11 is 3.44. The van der Waals surface area contributed by atoms with Crippen molar-refractivity contribution in [2.45, 2.75) is 38.6 Å². The molecule has 2 aliphatic rings. The van der Waals surface area contributed by atoms with Crippen LogP contribution in [0.4, 0.5) is 0 Å². The molecule has 1 atom stereocenters. The van der Waals surface area contributed by atoms with Gasteiger partial charge in [0, 0.05) is 18.1 Å². The van der Waals surface area contributed by atoms with E-state index < -0.39 is 0 Å². The molecule has 0 aromatic carbocycles. The first-order valence-electron chi connectivity index (χ1n) is 8.25. The topological polar surface area (TPSA) is 40.2 Å². The number of aromatic nitrogens is 1. The average molecular weight is 379 g/mol. The van der Waals surface area contributed by atoms with Crippen molar-refractivity contribution in [1.29, 1.82) is 0 Å². The van der Waals surface area contributed by atoms with E-state index in [0.29, 0.717) is 6.61 Å². The second-order valence-corrected chi connectivity index (χ2v) is 7.05. The number of fused-ring (bicyclic) bond motifs is 2. The van der Waals surface area contributed by atoms with Crippen LogP contribution < -0.4 is 4.74 Å². The van der Waals surface area contributed by atoms with Crippen LogP contribution in [0.5, 0.6) is 5.75 Å². The molecular formula is C18H23BrN2O2. The lowest BCUT2D eigenvalue weighted by molar-refractivity contribution is -0.405. The van der Waals surface area contributed by atoms with Gasteiger partial charge < -0.3 is 14.5 Å². The highest BCUT2D eigenvalue weighted by molar-refractivity contribution is 9.09. The predicted octanol–water partition coefficient (Wildman–Crippen LogP) is 4.23. The number of rotatable bonds is 6. The van der Waals surface area contributed by atoms with Crippen LogP contribution in [0.3, 0.4) is 0 Å². The molecule has 0 unspecified atom stereocenters. The van der Waals surface area contributed by atoms with Gasteiger partial charge in [0.2, 0.25) is 6.21 Å². The lowest BCUT2D eigenvalue weighted by atomic mass is 9.89. The van der Waals surface area contributed by atoms with Crippen LogP contribution in [-0.4, -0.2) is 27.5 Å². The molecule has 5 heteroatoms. The number of hydroxylamine groups is 1. The maximum absolute atomic E-state index is 12.5. The summed E-state index contributed by atoms with van der Waals surface area (Å²) in [7, 11) is 0. The molecule has 0 radical (unpaired) electrons. The molecule has 3 rings (SSSR count). The largest absolute Gasteiger partial charge is 0.618 e. The van der Waals surface area contributed by atoms with Gasteiger partial charge in [-0.15, -0.1) is 0 Å². The number of unbranched alkanes of at least 4 members (excludes halogenated alkanes) is 2. The van der Waals surface area contributed by atoms with Gasteiger partial charge in [-0.05, 0) is 44.2 Å². The first kappa shape index (κ1) is 16.4. The van der Waals surface area contributed by atoms with Gasteiger partial charge in [-0.1, -0.05) is 28.1 Å². The van der Waals surface area contributed by atoms with Crippen molar-refractivity contribution in [1.82, 2.24) is 4.57 Å². The summed E-state index contributed by atoms with van der Waals surface area (Å²) in [5.74, 6) is 1.02. The van der Waals surface area contributed by atoms with E-state index in [1.807, 2.05) is 18.3 Å². The van der Waals surface area contributed by atoms with Crippen molar-refractivity contribution < 1.29 is 9.48 Å². The zero-order valence-corrected chi connectivity index (χ0v) is 14.9. The predicted molar refractivity (Wildman–Crippen MR) is 96.3 cm³/mol. The van der Waals surface area contributed by atoms with E-state index in [9.17, 15) is 5.21 Å². The molecule has 0 saturated heterocycles. The SMILES string of the molecule is C=C1CC=C2[C@@H](C1)Cn1ccc(OCCCCCBr)c1C=[N+]2[O-]. The van der Waals surface area contributed by atoms with Crippen LogP contribution in [0, 0.1) is 11.1 Å². The Balaban J connectivity index is 1.74. The van der Waals surface area contributed by atoms with Crippen molar-refractivity contribution >= 4 is 22.1 Å². The molecule has 1 aliphatic carbocycles. The van der Waals surface area contributed by atoms with Gasteiger partial charge in [-0.3, -0.25) is 0 Å². The minimum absolute atomic E-state index is 0.213. The molecule has 23 heavy (non-hydrogen) atoms. The Morgan fingerprint density at radius 1 is 1.39 bits per heavy atom. The van der Waals surface area contributed by atoms with Crippen molar-refractivity contribution in [3.05, 3.63) is 47.1 Å². The summed E-state index contributed by atoms with van der Waals surface area (Å²) in [5.41, 5.74) is 2.94. The molecule has 0 fully saturated rings. The Morgan fingerprint density at radius 2 is 2.26 bits per heavy atom. The number of nitrogens with zero attached hydrogens (tertiary/aromatic N) is 2. The van der Waals surface area contributed by atoms with E-state index in [0.717, 1.165) is 65.9 Å².